The lowest BCUT2D eigenvalue weighted by Crippen LogP contribution is -2.24. The van der Waals surface area contributed by atoms with Crippen LogP contribution in [0.4, 0.5) is 4.79 Å². The lowest BCUT2D eigenvalue weighted by atomic mass is 9.78. The van der Waals surface area contributed by atoms with Crippen LogP contribution in [0.5, 0.6) is 5.75 Å². The van der Waals surface area contributed by atoms with Gasteiger partial charge in [0.2, 0.25) is 0 Å². The summed E-state index contributed by atoms with van der Waals surface area (Å²) in [6.45, 7) is 15.4. The van der Waals surface area contributed by atoms with Gasteiger partial charge in [-0.15, -0.1) is 0 Å². The molecule has 0 atom stereocenters. The fourth-order valence-electron chi connectivity index (χ4n) is 2.63. The van der Waals surface area contributed by atoms with Gasteiger partial charge in [0.1, 0.15) is 5.75 Å². The van der Waals surface area contributed by atoms with Crippen molar-refractivity contribution in [3.05, 3.63) is 28.8 Å². The molecule has 170 valence electrons. The van der Waals surface area contributed by atoms with Crippen LogP contribution in [-0.2, 0) is 29.9 Å². The number of methoxy groups -OCH3 is 1. The fourth-order valence-corrected chi connectivity index (χ4v) is 2.63. The molecule has 0 amide bonds. The number of nitrogens with zero attached hydrogens (tertiary/aromatic N) is 1. The molecule has 30 heavy (non-hydrogen) atoms. The van der Waals surface area contributed by atoms with Crippen molar-refractivity contribution in [2.75, 3.05) is 33.7 Å². The maximum absolute atomic E-state index is 11.4. The van der Waals surface area contributed by atoms with Crippen molar-refractivity contribution in [1.29, 1.82) is 0 Å². The van der Waals surface area contributed by atoms with Crippen molar-refractivity contribution in [2.45, 2.75) is 59.3 Å². The Morgan fingerprint density at radius 2 is 1.60 bits per heavy atom. The van der Waals surface area contributed by atoms with E-state index in [1.165, 1.54) is 0 Å². The highest BCUT2D eigenvalue weighted by molar-refractivity contribution is 5.98. The number of benzene rings is 1. The van der Waals surface area contributed by atoms with E-state index in [9.17, 15) is 4.79 Å². The second-order valence-electron chi connectivity index (χ2n) is 8.81. The number of hydrogen-bond acceptors (Lipinski definition) is 7. The number of nitrogens with two attached hydrogens (primary N) is 1. The summed E-state index contributed by atoms with van der Waals surface area (Å²) in [5.74, 6) is 0.817. The van der Waals surface area contributed by atoms with Gasteiger partial charge in [0.15, 0.2) is 12.6 Å². The molecular formula is C22H36N2O6. The van der Waals surface area contributed by atoms with E-state index >= 15 is 0 Å². The Hall–Kier alpha value is -2.32. The predicted octanol–water partition coefficient (Wildman–Crippen LogP) is 4.07. The van der Waals surface area contributed by atoms with E-state index in [2.05, 4.69) is 46.7 Å². The first-order valence-electron chi connectivity index (χ1n) is 9.97. The Kier molecular flexibility index (Phi) is 9.58. The first kappa shape index (κ1) is 25.7. The van der Waals surface area contributed by atoms with E-state index in [4.69, 9.17) is 29.5 Å². The molecule has 1 aromatic rings. The Morgan fingerprint density at radius 1 is 1.03 bits per heavy atom. The molecule has 0 saturated carbocycles. The summed E-state index contributed by atoms with van der Waals surface area (Å²) in [4.78, 5) is 16.1. The van der Waals surface area contributed by atoms with E-state index in [1.54, 1.807) is 14.0 Å². The van der Waals surface area contributed by atoms with Gasteiger partial charge >= 0.3 is 6.16 Å². The molecule has 0 aliphatic carbocycles. The van der Waals surface area contributed by atoms with Gasteiger partial charge in [0, 0.05) is 23.8 Å². The molecule has 8 nitrogen and oxygen atoms in total. The number of oxime groups is 1. The van der Waals surface area contributed by atoms with Crippen LogP contribution in [0.3, 0.4) is 0 Å². The molecule has 8 heteroatoms. The lowest BCUT2D eigenvalue weighted by molar-refractivity contribution is -0.00992. The summed E-state index contributed by atoms with van der Waals surface area (Å²) in [7, 11) is 1.62. The molecule has 1 aromatic carbocycles. The normalized spacial score (nSPS) is 12.6. The number of carbonyl (C=O) groups excluding carboxylic acids is 1. The van der Waals surface area contributed by atoms with E-state index in [-0.39, 0.29) is 30.1 Å². The molecule has 0 bridgehead atoms. The Bertz CT molecular complexity index is 697. The van der Waals surface area contributed by atoms with Gasteiger partial charge in [0.05, 0.1) is 19.8 Å². The summed E-state index contributed by atoms with van der Waals surface area (Å²) in [5.41, 5.74) is 8.11. The summed E-state index contributed by atoms with van der Waals surface area (Å²) >= 11 is 0. The van der Waals surface area contributed by atoms with Crippen LogP contribution in [0, 0.1) is 0 Å². The van der Waals surface area contributed by atoms with Crippen LogP contribution in [-0.4, -0.2) is 45.7 Å². The summed E-state index contributed by atoms with van der Waals surface area (Å²) < 4.78 is 21.3. The van der Waals surface area contributed by atoms with Crippen molar-refractivity contribution >= 4 is 12.0 Å². The van der Waals surface area contributed by atoms with Gasteiger partial charge < -0.3 is 24.7 Å². The third-order valence-corrected chi connectivity index (χ3v) is 4.20. The Morgan fingerprint density at radius 3 is 2.07 bits per heavy atom. The standard InChI is InChI=1S/C22H36N2O6/c1-9-28-20(25)30-24-19(23)15-12-16(21(2,3)4)18(17(13-15)22(5,6)7)29-14-27-11-10-26-8/h12-13H,9-11,14H2,1-8H3,(H2,23,24). The van der Waals surface area contributed by atoms with Crippen LogP contribution >= 0.6 is 0 Å². The molecule has 0 aliphatic heterocycles. The molecule has 0 aromatic heterocycles. The lowest BCUT2D eigenvalue weighted by Gasteiger charge is -2.30. The smallest absolute Gasteiger partial charge is 0.467 e. The fraction of sp³-hybridized carbons (Fsp3) is 0.636. The zero-order valence-corrected chi connectivity index (χ0v) is 19.5. The molecule has 0 fully saturated rings. The van der Waals surface area contributed by atoms with Crippen molar-refractivity contribution in [3.63, 3.8) is 0 Å². The average molecular weight is 425 g/mol. The van der Waals surface area contributed by atoms with E-state index in [0.29, 0.717) is 18.8 Å². The minimum Gasteiger partial charge on any atom is -0.467 e. The molecule has 0 radical (unpaired) electrons. The van der Waals surface area contributed by atoms with E-state index in [1.807, 2.05) is 12.1 Å². The number of rotatable bonds is 9. The van der Waals surface area contributed by atoms with Crippen molar-refractivity contribution in [2.24, 2.45) is 10.9 Å². The zero-order chi connectivity index (χ0) is 22.9. The topological polar surface area (TPSA) is 102 Å². The second-order valence-corrected chi connectivity index (χ2v) is 8.81. The van der Waals surface area contributed by atoms with Crippen LogP contribution < -0.4 is 10.5 Å². The number of ether oxygens (including phenoxy) is 4. The minimum absolute atomic E-state index is 0.0712. The third kappa shape index (κ3) is 7.84. The summed E-state index contributed by atoms with van der Waals surface area (Å²) in [6.07, 6.45) is -0.902. The maximum Gasteiger partial charge on any atom is 0.535 e. The Labute approximate surface area is 179 Å². The number of carbonyl (C=O) groups is 1. The van der Waals surface area contributed by atoms with Gasteiger partial charge in [-0.2, -0.15) is 0 Å². The molecule has 0 heterocycles. The van der Waals surface area contributed by atoms with E-state index < -0.39 is 6.16 Å². The van der Waals surface area contributed by atoms with Crippen LogP contribution in [0.15, 0.2) is 17.3 Å². The average Bonchev–Trinajstić information content (AvgIpc) is 2.64. The highest BCUT2D eigenvalue weighted by Gasteiger charge is 2.28. The van der Waals surface area contributed by atoms with E-state index in [0.717, 1.165) is 16.9 Å². The van der Waals surface area contributed by atoms with Crippen molar-refractivity contribution in [1.82, 2.24) is 0 Å². The second kappa shape index (κ2) is 11.2. The molecule has 0 unspecified atom stereocenters. The summed E-state index contributed by atoms with van der Waals surface area (Å²) in [6, 6.07) is 3.79. The van der Waals surface area contributed by atoms with Crippen LogP contribution in [0.25, 0.3) is 0 Å². The van der Waals surface area contributed by atoms with Gasteiger partial charge in [-0.05, 0) is 29.9 Å². The van der Waals surface area contributed by atoms with Gasteiger partial charge in [-0.3, -0.25) is 4.84 Å². The largest absolute Gasteiger partial charge is 0.535 e. The third-order valence-electron chi connectivity index (χ3n) is 4.20. The molecule has 0 saturated heterocycles. The monoisotopic (exact) mass is 424 g/mol. The summed E-state index contributed by atoms with van der Waals surface area (Å²) in [5, 5.41) is 3.73. The molecule has 1 rings (SSSR count). The van der Waals surface area contributed by atoms with Crippen molar-refractivity contribution < 1.29 is 28.6 Å². The van der Waals surface area contributed by atoms with Crippen LogP contribution in [0.2, 0.25) is 0 Å². The highest BCUT2D eigenvalue weighted by atomic mass is 16.8. The maximum atomic E-state index is 11.4. The number of hydrogen-bond donors (Lipinski definition) is 1. The SMILES string of the molecule is CCOC(=O)O/N=C(\N)c1cc(C(C)(C)C)c(OCOCCOC)c(C(C)(C)C)c1. The molecule has 0 aliphatic rings. The zero-order valence-electron chi connectivity index (χ0n) is 19.5. The Balaban J connectivity index is 3.37. The van der Waals surface area contributed by atoms with Gasteiger partial charge in [-0.1, -0.05) is 46.7 Å². The molecule has 0 spiro atoms. The first-order valence-corrected chi connectivity index (χ1v) is 9.97. The first-order chi connectivity index (χ1) is 13.9. The molecule has 2 N–H and O–H groups in total. The quantitative estimate of drug-likeness (QED) is 0.121. The number of amidine groups is 1. The highest BCUT2D eigenvalue weighted by Crippen LogP contribution is 2.40. The minimum atomic E-state index is -0.902. The van der Waals surface area contributed by atoms with Gasteiger partial charge in [0.25, 0.3) is 0 Å². The van der Waals surface area contributed by atoms with Crippen molar-refractivity contribution in [3.8, 4) is 5.75 Å². The predicted molar refractivity (Wildman–Crippen MR) is 116 cm³/mol. The molecular weight excluding hydrogens is 388 g/mol. The van der Waals surface area contributed by atoms with Crippen LogP contribution in [0.1, 0.15) is 65.2 Å². The van der Waals surface area contributed by atoms with Gasteiger partial charge in [-0.25, -0.2) is 4.79 Å².